The van der Waals surface area contributed by atoms with Gasteiger partial charge in [-0.3, -0.25) is 0 Å². The number of aryl methyl sites for hydroxylation is 2. The predicted octanol–water partition coefficient (Wildman–Crippen LogP) is 7.06. The lowest BCUT2D eigenvalue weighted by molar-refractivity contribution is 0.155. The Balaban J connectivity index is 1.93. The fourth-order valence-electron chi connectivity index (χ4n) is 4.22. The number of allylic oxidation sites excluding steroid dienone is 7. The van der Waals surface area contributed by atoms with Crippen molar-refractivity contribution in [1.82, 2.24) is 9.80 Å². The topological polar surface area (TPSA) is 9.72 Å². The van der Waals surface area contributed by atoms with E-state index in [-0.39, 0.29) is 0 Å². The van der Waals surface area contributed by atoms with Crippen molar-refractivity contribution in [2.24, 2.45) is 0 Å². The molecule has 1 aliphatic carbocycles. The number of benzene rings is 1. The first-order valence-electron chi connectivity index (χ1n) is 12.1. The fourth-order valence-corrected chi connectivity index (χ4v) is 4.22. The van der Waals surface area contributed by atoms with Crippen molar-refractivity contribution in [3.05, 3.63) is 94.6 Å². The highest BCUT2D eigenvalue weighted by molar-refractivity contribution is 5.55. The van der Waals surface area contributed by atoms with Gasteiger partial charge in [-0.15, -0.1) is 0 Å². The summed E-state index contributed by atoms with van der Waals surface area (Å²) < 4.78 is 0. The molecule has 0 spiro atoms. The second kappa shape index (κ2) is 11.6. The molecule has 3 rings (SSSR count). The van der Waals surface area contributed by atoms with Gasteiger partial charge in [0.15, 0.2) is 0 Å². The van der Waals surface area contributed by atoms with E-state index in [1.165, 1.54) is 34.5 Å². The zero-order valence-electron chi connectivity index (χ0n) is 20.6. The van der Waals surface area contributed by atoms with Crippen LogP contribution in [0.15, 0.2) is 83.4 Å². The van der Waals surface area contributed by atoms with Gasteiger partial charge in [0.05, 0.1) is 25.7 Å². The van der Waals surface area contributed by atoms with E-state index in [1.807, 2.05) is 0 Å². The van der Waals surface area contributed by atoms with Crippen LogP contribution >= 0.6 is 0 Å². The van der Waals surface area contributed by atoms with Crippen LogP contribution in [0.5, 0.6) is 0 Å². The lowest BCUT2D eigenvalue weighted by Crippen LogP contribution is -2.54. The summed E-state index contributed by atoms with van der Waals surface area (Å²) in [5, 5.41) is 0. The smallest absolute Gasteiger partial charge is 0.0943 e. The van der Waals surface area contributed by atoms with E-state index in [0.29, 0.717) is 0 Å². The minimum atomic E-state index is 0.848. The summed E-state index contributed by atoms with van der Waals surface area (Å²) in [6.07, 6.45) is 19.9. The number of nitrogens with zero attached hydrogens (tertiary/aromatic N) is 3. The van der Waals surface area contributed by atoms with Crippen molar-refractivity contribution in [3.8, 4) is 0 Å². The first-order valence-corrected chi connectivity index (χ1v) is 12.1. The Morgan fingerprint density at radius 3 is 2.53 bits per heavy atom. The monoisotopic (exact) mass is 429 g/mol. The van der Waals surface area contributed by atoms with Crippen molar-refractivity contribution in [1.29, 1.82) is 0 Å². The molecular weight excluding hydrogens is 390 g/mol. The van der Waals surface area contributed by atoms with Gasteiger partial charge in [-0.25, -0.2) is 0 Å². The first-order chi connectivity index (χ1) is 15.6. The minimum absolute atomic E-state index is 0.848. The average molecular weight is 430 g/mol. The molecule has 1 aromatic carbocycles. The highest BCUT2D eigenvalue weighted by Gasteiger charge is 2.26. The summed E-state index contributed by atoms with van der Waals surface area (Å²) in [5.41, 5.74) is 11.3. The van der Waals surface area contributed by atoms with Crippen LogP contribution in [-0.2, 0) is 6.42 Å². The zero-order chi connectivity index (χ0) is 22.9. The molecule has 0 N–H and O–H groups in total. The summed E-state index contributed by atoms with van der Waals surface area (Å²) in [7, 11) is 0. The van der Waals surface area contributed by atoms with Crippen molar-refractivity contribution >= 4 is 5.69 Å². The van der Waals surface area contributed by atoms with Crippen LogP contribution in [0.1, 0.15) is 58.1 Å². The maximum Gasteiger partial charge on any atom is 0.0943 e. The number of anilines is 1. The first kappa shape index (κ1) is 23.8. The van der Waals surface area contributed by atoms with Crippen LogP contribution in [-0.4, -0.2) is 29.8 Å². The number of hydrogen-bond donors (Lipinski definition) is 0. The largest absolute Gasteiger partial charge is 0.336 e. The van der Waals surface area contributed by atoms with Crippen LogP contribution in [0.25, 0.3) is 0 Å². The third-order valence-electron chi connectivity index (χ3n) is 6.17. The molecule has 0 aromatic heterocycles. The standard InChI is InChI=1S/C29H39N3/c1-6-10-11-14-27(9-4)30-21-31(28-15-12-13-25(7-2)16-18-28)23-32(22-30)29-19-17-26(8-3)20-24(29)5/h9,11-14,16-20H,6-8,10,21-23H2,1-5H3/b14-11-,27-9+. The summed E-state index contributed by atoms with van der Waals surface area (Å²) >= 11 is 0. The third-order valence-corrected chi connectivity index (χ3v) is 6.17. The van der Waals surface area contributed by atoms with E-state index in [0.717, 1.165) is 45.0 Å². The molecule has 3 nitrogen and oxygen atoms in total. The molecule has 0 radical (unpaired) electrons. The quantitative estimate of drug-likeness (QED) is 0.323. The number of hydrogen-bond acceptors (Lipinski definition) is 3. The van der Waals surface area contributed by atoms with E-state index in [9.17, 15) is 0 Å². The van der Waals surface area contributed by atoms with E-state index in [1.54, 1.807) is 0 Å². The minimum Gasteiger partial charge on any atom is -0.336 e. The van der Waals surface area contributed by atoms with Crippen LogP contribution in [0.2, 0.25) is 0 Å². The molecule has 1 fully saturated rings. The van der Waals surface area contributed by atoms with Gasteiger partial charge in [0.25, 0.3) is 0 Å². The van der Waals surface area contributed by atoms with Crippen LogP contribution in [0.4, 0.5) is 5.69 Å². The van der Waals surface area contributed by atoms with Gasteiger partial charge in [-0.05, 0) is 74.1 Å². The molecule has 1 saturated heterocycles. The Morgan fingerprint density at radius 1 is 1.03 bits per heavy atom. The van der Waals surface area contributed by atoms with Crippen LogP contribution in [0.3, 0.4) is 0 Å². The molecule has 0 saturated carbocycles. The second-order valence-corrected chi connectivity index (χ2v) is 8.55. The van der Waals surface area contributed by atoms with Gasteiger partial charge in [0, 0.05) is 11.4 Å². The van der Waals surface area contributed by atoms with Gasteiger partial charge >= 0.3 is 0 Å². The molecule has 32 heavy (non-hydrogen) atoms. The Morgan fingerprint density at radius 2 is 1.84 bits per heavy atom. The predicted molar refractivity (Wildman–Crippen MR) is 138 cm³/mol. The van der Waals surface area contributed by atoms with Gasteiger partial charge in [0.1, 0.15) is 0 Å². The molecule has 0 atom stereocenters. The van der Waals surface area contributed by atoms with E-state index >= 15 is 0 Å². The molecular formula is C29H39N3. The molecule has 170 valence electrons. The molecule has 1 aromatic rings. The molecule has 0 bridgehead atoms. The van der Waals surface area contributed by atoms with Crippen molar-refractivity contribution in [2.75, 3.05) is 24.9 Å². The molecule has 2 aliphatic rings. The number of unbranched alkanes of at least 4 members (excludes halogenated alkanes) is 1. The van der Waals surface area contributed by atoms with Gasteiger partial charge in [0.2, 0.25) is 0 Å². The summed E-state index contributed by atoms with van der Waals surface area (Å²) in [5.74, 6) is 0. The Bertz CT molecular complexity index is 970. The highest BCUT2D eigenvalue weighted by Crippen LogP contribution is 2.28. The Hall–Kier alpha value is -2.90. The normalized spacial score (nSPS) is 17.2. The summed E-state index contributed by atoms with van der Waals surface area (Å²) in [4.78, 5) is 7.37. The summed E-state index contributed by atoms with van der Waals surface area (Å²) in [6.45, 7) is 13.6. The van der Waals surface area contributed by atoms with Gasteiger partial charge in [-0.1, -0.05) is 69.4 Å². The van der Waals surface area contributed by atoms with E-state index in [2.05, 4.69) is 116 Å². The van der Waals surface area contributed by atoms with Crippen molar-refractivity contribution in [2.45, 2.75) is 60.3 Å². The zero-order valence-corrected chi connectivity index (χ0v) is 20.6. The van der Waals surface area contributed by atoms with Crippen molar-refractivity contribution in [3.63, 3.8) is 0 Å². The maximum atomic E-state index is 3.51. The Kier molecular flexibility index (Phi) is 8.64. The lowest BCUT2D eigenvalue weighted by atomic mass is 10.1. The molecule has 3 heteroatoms. The average Bonchev–Trinajstić information content (AvgIpc) is 3.07. The number of rotatable bonds is 8. The second-order valence-electron chi connectivity index (χ2n) is 8.55. The molecule has 1 heterocycles. The van der Waals surface area contributed by atoms with E-state index in [4.69, 9.17) is 0 Å². The van der Waals surface area contributed by atoms with Crippen molar-refractivity contribution < 1.29 is 0 Å². The van der Waals surface area contributed by atoms with Crippen LogP contribution in [0, 0.1) is 6.92 Å². The maximum absolute atomic E-state index is 3.51. The molecule has 0 amide bonds. The Labute approximate surface area is 195 Å². The van der Waals surface area contributed by atoms with Gasteiger partial charge < -0.3 is 14.7 Å². The SMILES string of the molecule is C/C=C(\C=C/CCC)N1CN(C2=C=CC=C(CC)C=C2)CN(c2ccc(CC)cc2C)C1. The third kappa shape index (κ3) is 5.87. The highest BCUT2D eigenvalue weighted by atomic mass is 15.5. The van der Waals surface area contributed by atoms with Crippen LogP contribution < -0.4 is 4.90 Å². The fraction of sp³-hybridized carbons (Fsp3) is 0.414. The van der Waals surface area contributed by atoms with E-state index < -0.39 is 0 Å². The molecule has 1 aliphatic heterocycles. The van der Waals surface area contributed by atoms with Gasteiger partial charge in [-0.2, -0.15) is 0 Å². The summed E-state index contributed by atoms with van der Waals surface area (Å²) in [6, 6.07) is 6.89. The lowest BCUT2D eigenvalue weighted by Gasteiger charge is -2.46. The molecule has 0 unspecified atom stereocenters.